The Morgan fingerprint density at radius 2 is 1.87 bits per heavy atom. The molecule has 0 aliphatic carbocycles. The third kappa shape index (κ3) is 3.67. The van der Waals surface area contributed by atoms with Crippen LogP contribution in [0, 0.1) is 17.9 Å². The van der Waals surface area contributed by atoms with Crippen LogP contribution in [0.2, 0.25) is 0 Å². The largest absolute Gasteiger partial charge is 0.438 e. The molecule has 1 heteroatoms. The summed E-state index contributed by atoms with van der Waals surface area (Å²) in [5, 5.41) is 0. The zero-order valence-electron chi connectivity index (χ0n) is 9.66. The van der Waals surface area contributed by atoms with Gasteiger partial charge in [-0.15, -0.1) is 0 Å². The van der Waals surface area contributed by atoms with Crippen molar-refractivity contribution in [3.8, 4) is 12.0 Å². The predicted molar refractivity (Wildman–Crippen MR) is 63.2 cm³/mol. The van der Waals surface area contributed by atoms with Gasteiger partial charge in [0, 0.05) is 6.42 Å². The number of benzene rings is 1. The van der Waals surface area contributed by atoms with Gasteiger partial charge in [-0.3, -0.25) is 0 Å². The first-order chi connectivity index (χ1) is 7.25. The van der Waals surface area contributed by atoms with Gasteiger partial charge in [0.25, 0.3) is 0 Å². The van der Waals surface area contributed by atoms with Crippen LogP contribution in [-0.4, -0.2) is 0 Å². The molecule has 0 spiro atoms. The van der Waals surface area contributed by atoms with Crippen LogP contribution in [0.4, 0.5) is 0 Å². The van der Waals surface area contributed by atoms with E-state index >= 15 is 0 Å². The minimum atomic E-state index is 0.0743. The first kappa shape index (κ1) is 11.7. The number of hydrogen-bond acceptors (Lipinski definition) is 1. The topological polar surface area (TPSA) is 9.23 Å². The van der Waals surface area contributed by atoms with Gasteiger partial charge in [0.2, 0.25) is 0 Å². The van der Waals surface area contributed by atoms with Crippen LogP contribution in [0.1, 0.15) is 38.9 Å². The van der Waals surface area contributed by atoms with Crippen molar-refractivity contribution in [2.75, 3.05) is 0 Å². The van der Waals surface area contributed by atoms with Crippen LogP contribution < -0.4 is 0 Å². The Bertz CT molecular complexity index is 329. The van der Waals surface area contributed by atoms with Gasteiger partial charge in [0.1, 0.15) is 12.2 Å². The smallest absolute Gasteiger partial charge is 0.138 e. The highest BCUT2D eigenvalue weighted by Gasteiger charge is 2.15. The Balaban J connectivity index is 2.75. The van der Waals surface area contributed by atoms with E-state index in [1.807, 2.05) is 25.1 Å². The number of rotatable bonds is 3. The second-order valence-electron chi connectivity index (χ2n) is 3.83. The monoisotopic (exact) mass is 202 g/mol. The summed E-state index contributed by atoms with van der Waals surface area (Å²) in [6.07, 6.45) is 3.67. The molecule has 0 radical (unpaired) electrons. The highest BCUT2D eigenvalue weighted by atomic mass is 16.5. The fourth-order valence-corrected chi connectivity index (χ4v) is 1.41. The fraction of sp³-hybridized carbons (Fsp3) is 0.429. The summed E-state index contributed by atoms with van der Waals surface area (Å²) in [4.78, 5) is 0. The minimum Gasteiger partial charge on any atom is -0.438 e. The third-order valence-electron chi connectivity index (χ3n) is 2.17. The normalized spacial score (nSPS) is 11.7. The lowest BCUT2D eigenvalue weighted by molar-refractivity contribution is 0.121. The summed E-state index contributed by atoms with van der Waals surface area (Å²) in [6.45, 7) is 6.31. The maximum atomic E-state index is 5.57. The molecule has 0 N–H and O–H groups in total. The van der Waals surface area contributed by atoms with Gasteiger partial charge < -0.3 is 4.74 Å². The molecule has 0 heterocycles. The molecule has 0 amide bonds. The summed E-state index contributed by atoms with van der Waals surface area (Å²) < 4.78 is 5.57. The quantitative estimate of drug-likeness (QED) is 0.678. The average molecular weight is 202 g/mol. The molecule has 1 atom stereocenters. The lowest BCUT2D eigenvalue weighted by atomic mass is 9.99. The maximum Gasteiger partial charge on any atom is 0.138 e. The second-order valence-corrected chi connectivity index (χ2v) is 3.83. The van der Waals surface area contributed by atoms with Gasteiger partial charge in [-0.25, -0.2) is 0 Å². The second kappa shape index (κ2) is 6.14. The Morgan fingerprint density at radius 3 is 2.40 bits per heavy atom. The maximum absolute atomic E-state index is 5.57. The predicted octanol–water partition coefficient (Wildman–Crippen LogP) is 3.77. The van der Waals surface area contributed by atoms with Crippen LogP contribution in [0.5, 0.6) is 0 Å². The minimum absolute atomic E-state index is 0.0743. The first-order valence-electron chi connectivity index (χ1n) is 5.44. The number of hydrogen-bond donors (Lipinski definition) is 0. The molecule has 1 unspecified atom stereocenters. The fourth-order valence-electron chi connectivity index (χ4n) is 1.41. The van der Waals surface area contributed by atoms with Crippen molar-refractivity contribution in [1.82, 2.24) is 0 Å². The molecule has 0 bridgehead atoms. The van der Waals surface area contributed by atoms with E-state index in [0.29, 0.717) is 5.92 Å². The van der Waals surface area contributed by atoms with Crippen molar-refractivity contribution in [2.45, 2.75) is 33.3 Å². The van der Waals surface area contributed by atoms with E-state index in [0.717, 1.165) is 6.42 Å². The van der Waals surface area contributed by atoms with E-state index < -0.39 is 0 Å². The molecule has 1 aromatic carbocycles. The summed E-state index contributed by atoms with van der Waals surface area (Å²) in [5.41, 5.74) is 1.19. The molecule has 0 aliphatic heterocycles. The van der Waals surface area contributed by atoms with Crippen LogP contribution in [0.25, 0.3) is 0 Å². The molecular formula is C14H18O. The lowest BCUT2D eigenvalue weighted by Crippen LogP contribution is -2.08. The summed E-state index contributed by atoms with van der Waals surface area (Å²) >= 11 is 0. The SMILES string of the molecule is CCC#COC(c1ccccc1)C(C)C. The Morgan fingerprint density at radius 1 is 1.20 bits per heavy atom. The molecule has 1 nitrogen and oxygen atoms in total. The molecule has 1 rings (SSSR count). The van der Waals surface area contributed by atoms with E-state index in [4.69, 9.17) is 4.74 Å². The Kier molecular flexibility index (Phi) is 4.77. The van der Waals surface area contributed by atoms with E-state index in [9.17, 15) is 0 Å². The number of ether oxygens (including phenoxy) is 1. The third-order valence-corrected chi connectivity index (χ3v) is 2.17. The first-order valence-corrected chi connectivity index (χ1v) is 5.44. The van der Waals surface area contributed by atoms with Crippen LogP contribution in [0.15, 0.2) is 30.3 Å². The molecule has 0 fully saturated rings. The molecule has 0 aliphatic rings. The molecule has 0 saturated heterocycles. The summed E-state index contributed by atoms with van der Waals surface area (Å²) in [5.74, 6) is 3.36. The molecule has 15 heavy (non-hydrogen) atoms. The Hall–Kier alpha value is -1.42. The lowest BCUT2D eigenvalue weighted by Gasteiger charge is -2.18. The highest BCUT2D eigenvalue weighted by Crippen LogP contribution is 2.24. The molecule has 1 aromatic rings. The zero-order chi connectivity index (χ0) is 11.1. The van der Waals surface area contributed by atoms with Crippen molar-refractivity contribution in [3.05, 3.63) is 35.9 Å². The van der Waals surface area contributed by atoms with Crippen molar-refractivity contribution in [1.29, 1.82) is 0 Å². The van der Waals surface area contributed by atoms with Gasteiger partial charge in [0.05, 0.1) is 0 Å². The Labute approximate surface area is 92.5 Å². The standard InChI is InChI=1S/C14H18O/c1-4-5-11-15-14(12(2)3)13-9-7-6-8-10-13/h6-10,12,14H,4H2,1-3H3. The van der Waals surface area contributed by atoms with Gasteiger partial charge in [0.15, 0.2) is 0 Å². The average Bonchev–Trinajstić information content (AvgIpc) is 2.25. The van der Waals surface area contributed by atoms with Crippen molar-refractivity contribution < 1.29 is 4.74 Å². The van der Waals surface area contributed by atoms with Crippen molar-refractivity contribution in [3.63, 3.8) is 0 Å². The molecule has 80 valence electrons. The zero-order valence-corrected chi connectivity index (χ0v) is 9.66. The van der Waals surface area contributed by atoms with E-state index in [1.54, 1.807) is 0 Å². The van der Waals surface area contributed by atoms with E-state index in [2.05, 4.69) is 38.0 Å². The van der Waals surface area contributed by atoms with Crippen LogP contribution in [0.3, 0.4) is 0 Å². The molecule has 0 aromatic heterocycles. The van der Waals surface area contributed by atoms with Crippen LogP contribution in [-0.2, 0) is 4.74 Å². The van der Waals surface area contributed by atoms with Gasteiger partial charge in [-0.1, -0.05) is 57.0 Å². The van der Waals surface area contributed by atoms with Crippen molar-refractivity contribution >= 4 is 0 Å². The van der Waals surface area contributed by atoms with Crippen LogP contribution >= 0.6 is 0 Å². The summed E-state index contributed by atoms with van der Waals surface area (Å²) in [7, 11) is 0. The molecule has 0 saturated carbocycles. The van der Waals surface area contributed by atoms with E-state index in [1.165, 1.54) is 5.56 Å². The highest BCUT2D eigenvalue weighted by molar-refractivity contribution is 5.18. The van der Waals surface area contributed by atoms with Crippen molar-refractivity contribution in [2.24, 2.45) is 5.92 Å². The van der Waals surface area contributed by atoms with Gasteiger partial charge in [-0.05, 0) is 11.5 Å². The van der Waals surface area contributed by atoms with Gasteiger partial charge in [-0.2, -0.15) is 0 Å². The van der Waals surface area contributed by atoms with E-state index in [-0.39, 0.29) is 6.10 Å². The molecular weight excluding hydrogens is 184 g/mol. The summed E-state index contributed by atoms with van der Waals surface area (Å²) in [6, 6.07) is 10.2. The van der Waals surface area contributed by atoms with Gasteiger partial charge >= 0.3 is 0 Å².